The van der Waals surface area contributed by atoms with E-state index in [0.717, 1.165) is 21.3 Å². The third kappa shape index (κ3) is 3.40. The Morgan fingerprint density at radius 1 is 1.12 bits per heavy atom. The van der Waals surface area contributed by atoms with Gasteiger partial charge in [-0.15, -0.1) is 22.7 Å². The third-order valence-corrected chi connectivity index (χ3v) is 7.15. The Morgan fingerprint density at radius 2 is 1.94 bits per heavy atom. The fourth-order valence-corrected chi connectivity index (χ4v) is 4.84. The van der Waals surface area contributed by atoms with Gasteiger partial charge >= 0.3 is 0 Å². The van der Waals surface area contributed by atoms with Gasteiger partial charge in [-0.2, -0.15) is 0 Å². The molecule has 2 aromatic rings. The van der Waals surface area contributed by atoms with Crippen molar-refractivity contribution in [3.8, 4) is 0 Å². The van der Waals surface area contributed by atoms with E-state index in [2.05, 4.69) is 70.6 Å². The number of halogens is 3. The van der Waals surface area contributed by atoms with Crippen LogP contribution in [0.25, 0.3) is 0 Å². The first-order valence-corrected chi connectivity index (χ1v) is 8.60. The van der Waals surface area contributed by atoms with Crippen LogP contribution in [0.15, 0.2) is 30.2 Å². The summed E-state index contributed by atoms with van der Waals surface area (Å²) in [5, 5.41) is 5.53. The minimum absolute atomic E-state index is 0.902. The van der Waals surface area contributed by atoms with Gasteiger partial charge in [0, 0.05) is 31.8 Å². The molecule has 6 heteroatoms. The molecule has 0 bridgehead atoms. The average molecular weight is 446 g/mol. The van der Waals surface area contributed by atoms with Gasteiger partial charge < -0.3 is 5.32 Å². The largest absolute Gasteiger partial charge is 0.307 e. The van der Waals surface area contributed by atoms with Crippen molar-refractivity contribution in [3.05, 3.63) is 40.0 Å². The maximum Gasteiger partial charge on any atom is 0.0843 e. The third-order valence-electron chi connectivity index (χ3n) is 1.97. The molecule has 0 aliphatic heterocycles. The molecule has 0 amide bonds. The predicted octanol–water partition coefficient (Wildman–Crippen LogP) is 5.39. The zero-order valence-corrected chi connectivity index (χ0v) is 14.5. The highest BCUT2D eigenvalue weighted by molar-refractivity contribution is 9.13. The van der Waals surface area contributed by atoms with Gasteiger partial charge in [-0.05, 0) is 65.3 Å². The van der Waals surface area contributed by atoms with Crippen molar-refractivity contribution >= 4 is 70.5 Å². The predicted molar refractivity (Wildman–Crippen MR) is 82.3 cm³/mol. The van der Waals surface area contributed by atoms with E-state index in [1.807, 2.05) is 0 Å². The molecule has 0 aromatic carbocycles. The molecule has 0 aliphatic rings. The second-order valence-electron chi connectivity index (χ2n) is 3.13. The summed E-state index contributed by atoms with van der Waals surface area (Å²) in [5.41, 5.74) is 0. The molecule has 0 fully saturated rings. The lowest BCUT2D eigenvalue weighted by molar-refractivity contribution is 0.707. The molecule has 0 radical (unpaired) electrons. The summed E-state index contributed by atoms with van der Waals surface area (Å²) in [6.45, 7) is 1.81. The molecular formula is C10H8Br3NS2. The standard InChI is InChI=1S/C10H8Br3NS2/c11-7-1-2-15-9(7)5-14-4-6-3-8(12)10(13)16-6/h1-3,14H,4-5H2. The van der Waals surface area contributed by atoms with Gasteiger partial charge in [0.05, 0.1) is 3.79 Å². The molecule has 16 heavy (non-hydrogen) atoms. The van der Waals surface area contributed by atoms with Gasteiger partial charge in [0.25, 0.3) is 0 Å². The normalized spacial score (nSPS) is 10.9. The summed E-state index contributed by atoms with van der Waals surface area (Å²) in [6, 6.07) is 4.23. The molecule has 2 heterocycles. The molecule has 1 N–H and O–H groups in total. The lowest BCUT2D eigenvalue weighted by Gasteiger charge is -2.01. The zero-order chi connectivity index (χ0) is 11.5. The SMILES string of the molecule is Brc1cc(CNCc2sccc2Br)sc1Br. The first kappa shape index (κ1) is 13.2. The maximum atomic E-state index is 3.53. The average Bonchev–Trinajstić information content (AvgIpc) is 2.76. The summed E-state index contributed by atoms with van der Waals surface area (Å²) in [4.78, 5) is 2.67. The molecule has 86 valence electrons. The van der Waals surface area contributed by atoms with E-state index in [4.69, 9.17) is 0 Å². The van der Waals surface area contributed by atoms with E-state index >= 15 is 0 Å². The maximum absolute atomic E-state index is 3.53. The Labute approximate surface area is 128 Å². The molecule has 2 aromatic heterocycles. The number of rotatable bonds is 4. The number of thiophene rings is 2. The quantitative estimate of drug-likeness (QED) is 0.665. The number of hydrogen-bond acceptors (Lipinski definition) is 3. The highest BCUT2D eigenvalue weighted by atomic mass is 79.9. The molecule has 0 saturated heterocycles. The van der Waals surface area contributed by atoms with Crippen molar-refractivity contribution in [2.24, 2.45) is 0 Å². The van der Waals surface area contributed by atoms with Crippen molar-refractivity contribution < 1.29 is 0 Å². The fourth-order valence-electron chi connectivity index (χ4n) is 1.23. The summed E-state index contributed by atoms with van der Waals surface area (Å²) in [6.07, 6.45) is 0. The van der Waals surface area contributed by atoms with Gasteiger partial charge in [-0.25, -0.2) is 0 Å². The Balaban J connectivity index is 1.87. The minimum atomic E-state index is 0.902. The Morgan fingerprint density at radius 3 is 2.50 bits per heavy atom. The molecule has 0 spiro atoms. The van der Waals surface area contributed by atoms with Crippen LogP contribution in [0.5, 0.6) is 0 Å². The van der Waals surface area contributed by atoms with Crippen molar-refractivity contribution in [2.45, 2.75) is 13.1 Å². The van der Waals surface area contributed by atoms with Crippen LogP contribution in [0.2, 0.25) is 0 Å². The van der Waals surface area contributed by atoms with Crippen LogP contribution in [-0.4, -0.2) is 0 Å². The summed E-state index contributed by atoms with van der Waals surface area (Å²) >= 11 is 14.0. The second-order valence-corrected chi connectivity index (χ2v) is 8.29. The van der Waals surface area contributed by atoms with E-state index in [0.29, 0.717) is 0 Å². The van der Waals surface area contributed by atoms with Gasteiger partial charge in [-0.1, -0.05) is 0 Å². The Hall–Kier alpha value is 0.800. The molecular weight excluding hydrogens is 438 g/mol. The first-order valence-electron chi connectivity index (χ1n) is 4.53. The van der Waals surface area contributed by atoms with Crippen molar-refractivity contribution in [1.82, 2.24) is 5.32 Å². The first-order chi connectivity index (χ1) is 7.66. The molecule has 0 aliphatic carbocycles. The smallest absolute Gasteiger partial charge is 0.0843 e. The van der Waals surface area contributed by atoms with Crippen LogP contribution in [0, 0.1) is 0 Å². The van der Waals surface area contributed by atoms with Crippen LogP contribution in [0.4, 0.5) is 0 Å². The van der Waals surface area contributed by atoms with E-state index < -0.39 is 0 Å². The molecule has 2 rings (SSSR count). The lowest BCUT2D eigenvalue weighted by Crippen LogP contribution is -2.10. The van der Waals surface area contributed by atoms with Gasteiger partial charge in [0.1, 0.15) is 0 Å². The second kappa shape index (κ2) is 6.11. The number of hydrogen-bond donors (Lipinski definition) is 1. The molecule has 0 unspecified atom stereocenters. The van der Waals surface area contributed by atoms with Crippen LogP contribution in [0.3, 0.4) is 0 Å². The van der Waals surface area contributed by atoms with Crippen LogP contribution in [0.1, 0.15) is 9.75 Å². The Bertz CT molecular complexity index is 459. The van der Waals surface area contributed by atoms with E-state index in [1.165, 1.54) is 14.2 Å². The highest BCUT2D eigenvalue weighted by Crippen LogP contribution is 2.32. The fraction of sp³-hybridized carbons (Fsp3) is 0.200. The van der Waals surface area contributed by atoms with Crippen LogP contribution < -0.4 is 5.32 Å². The topological polar surface area (TPSA) is 12.0 Å². The van der Waals surface area contributed by atoms with E-state index in [1.54, 1.807) is 22.7 Å². The van der Waals surface area contributed by atoms with Crippen molar-refractivity contribution in [3.63, 3.8) is 0 Å². The minimum Gasteiger partial charge on any atom is -0.307 e. The van der Waals surface area contributed by atoms with Crippen LogP contribution in [-0.2, 0) is 13.1 Å². The molecule has 1 nitrogen and oxygen atoms in total. The van der Waals surface area contributed by atoms with Gasteiger partial charge in [0.15, 0.2) is 0 Å². The lowest BCUT2D eigenvalue weighted by atomic mass is 10.4. The van der Waals surface area contributed by atoms with Crippen LogP contribution >= 0.6 is 70.5 Å². The monoisotopic (exact) mass is 443 g/mol. The molecule has 0 saturated carbocycles. The van der Waals surface area contributed by atoms with E-state index in [-0.39, 0.29) is 0 Å². The van der Waals surface area contributed by atoms with Crippen molar-refractivity contribution in [2.75, 3.05) is 0 Å². The van der Waals surface area contributed by atoms with Gasteiger partial charge in [-0.3, -0.25) is 0 Å². The van der Waals surface area contributed by atoms with Gasteiger partial charge in [0.2, 0.25) is 0 Å². The number of nitrogens with one attached hydrogen (secondary N) is 1. The summed E-state index contributed by atoms with van der Waals surface area (Å²) < 4.78 is 3.48. The molecule has 0 atom stereocenters. The summed E-state index contributed by atoms with van der Waals surface area (Å²) in [7, 11) is 0. The zero-order valence-electron chi connectivity index (χ0n) is 8.10. The van der Waals surface area contributed by atoms with Crippen molar-refractivity contribution in [1.29, 1.82) is 0 Å². The summed E-state index contributed by atoms with van der Waals surface area (Å²) in [5.74, 6) is 0. The Kier molecular flexibility index (Phi) is 5.05. The van der Waals surface area contributed by atoms with E-state index in [9.17, 15) is 0 Å². The highest BCUT2D eigenvalue weighted by Gasteiger charge is 2.04.